The number of benzene rings is 4. The number of H-pyrrole nitrogens is 1. The molecule has 0 saturated carbocycles. The summed E-state index contributed by atoms with van der Waals surface area (Å²) in [5.41, 5.74) is 5.48. The van der Waals surface area contributed by atoms with Crippen molar-refractivity contribution < 1.29 is 19.1 Å². The van der Waals surface area contributed by atoms with Gasteiger partial charge < -0.3 is 14.5 Å². The second-order valence-corrected chi connectivity index (χ2v) is 10.00. The number of aromatic nitrogens is 1. The Hall–Kier alpha value is -4.30. The van der Waals surface area contributed by atoms with Crippen molar-refractivity contribution in [3.8, 4) is 22.6 Å². The van der Waals surface area contributed by atoms with E-state index >= 15 is 0 Å². The van der Waals surface area contributed by atoms with Crippen LogP contribution in [0.25, 0.3) is 22.0 Å². The van der Waals surface area contributed by atoms with Gasteiger partial charge in [-0.1, -0.05) is 65.1 Å². The number of carbonyl (C=O) groups excluding carboxylic acids is 2. The number of carbonyl (C=O) groups is 2. The molecule has 0 fully saturated rings. The molecule has 41 heavy (non-hydrogen) atoms. The molecule has 0 aliphatic heterocycles. The van der Waals surface area contributed by atoms with Crippen molar-refractivity contribution in [1.29, 1.82) is 0 Å². The standard InChI is InChI=1S/C31H22Cl3N3O4/c1-2-40-20-12-14-26-23(16-20)28(21-8-4-5-9-24(21)33)29(36-26)30(38)37-35-17-18-7-3-6-10-27(18)41-31(39)22-13-11-19(32)15-25(22)34/h3-17,36H,2H2,1H3,(H,37,38). The molecule has 1 heterocycles. The fraction of sp³-hybridized carbons (Fsp3) is 0.0645. The molecule has 7 nitrogen and oxygen atoms in total. The van der Waals surface area contributed by atoms with Gasteiger partial charge in [-0.15, -0.1) is 0 Å². The fourth-order valence-electron chi connectivity index (χ4n) is 4.25. The minimum absolute atomic E-state index is 0.162. The number of amides is 1. The van der Waals surface area contributed by atoms with Crippen LogP contribution in [-0.4, -0.2) is 29.7 Å². The third kappa shape index (κ3) is 6.23. The molecular formula is C31H22Cl3N3O4. The van der Waals surface area contributed by atoms with Crippen molar-refractivity contribution in [3.05, 3.63) is 117 Å². The van der Waals surface area contributed by atoms with Gasteiger partial charge in [0.1, 0.15) is 17.2 Å². The van der Waals surface area contributed by atoms with Crippen molar-refractivity contribution in [2.75, 3.05) is 6.61 Å². The maximum absolute atomic E-state index is 13.4. The van der Waals surface area contributed by atoms with Crippen LogP contribution < -0.4 is 14.9 Å². The lowest BCUT2D eigenvalue weighted by molar-refractivity contribution is 0.0734. The van der Waals surface area contributed by atoms with Gasteiger partial charge in [-0.3, -0.25) is 4.79 Å². The van der Waals surface area contributed by atoms with Gasteiger partial charge >= 0.3 is 5.97 Å². The van der Waals surface area contributed by atoms with E-state index in [9.17, 15) is 9.59 Å². The predicted octanol–water partition coefficient (Wildman–Crippen LogP) is 8.18. The number of hydrazone groups is 1. The molecular weight excluding hydrogens is 585 g/mol. The Balaban J connectivity index is 1.42. The van der Waals surface area contributed by atoms with Gasteiger partial charge in [-0.25, -0.2) is 10.2 Å². The average Bonchev–Trinajstić information content (AvgIpc) is 3.33. The monoisotopic (exact) mass is 605 g/mol. The molecule has 0 aliphatic rings. The van der Waals surface area contributed by atoms with E-state index in [4.69, 9.17) is 44.3 Å². The lowest BCUT2D eigenvalue weighted by Crippen LogP contribution is -2.19. The van der Waals surface area contributed by atoms with Crippen molar-refractivity contribution in [2.45, 2.75) is 6.92 Å². The number of hydrogen-bond acceptors (Lipinski definition) is 5. The maximum Gasteiger partial charge on any atom is 0.345 e. The van der Waals surface area contributed by atoms with E-state index < -0.39 is 11.9 Å². The first-order valence-corrected chi connectivity index (χ1v) is 13.6. The van der Waals surface area contributed by atoms with Gasteiger partial charge in [0.2, 0.25) is 0 Å². The zero-order valence-electron chi connectivity index (χ0n) is 21.6. The Morgan fingerprint density at radius 1 is 0.927 bits per heavy atom. The molecule has 0 spiro atoms. The first kappa shape index (κ1) is 28.2. The minimum Gasteiger partial charge on any atom is -0.494 e. The normalized spacial score (nSPS) is 11.1. The van der Waals surface area contributed by atoms with Crippen LogP contribution in [0.3, 0.4) is 0 Å². The van der Waals surface area contributed by atoms with E-state index in [1.54, 1.807) is 36.4 Å². The Morgan fingerprint density at radius 2 is 1.71 bits per heavy atom. The molecule has 0 atom stereocenters. The first-order chi connectivity index (χ1) is 19.9. The van der Waals surface area contributed by atoms with Gasteiger partial charge in [0, 0.05) is 37.6 Å². The number of aromatic amines is 1. The molecule has 0 bridgehead atoms. The van der Waals surface area contributed by atoms with Gasteiger partial charge in [-0.2, -0.15) is 5.10 Å². The van der Waals surface area contributed by atoms with Crippen LogP contribution in [0, 0.1) is 0 Å². The summed E-state index contributed by atoms with van der Waals surface area (Å²) in [6, 6.07) is 24.1. The Labute approximate surface area is 250 Å². The summed E-state index contributed by atoms with van der Waals surface area (Å²) in [6.07, 6.45) is 1.38. The van der Waals surface area contributed by atoms with E-state index in [0.29, 0.717) is 39.1 Å². The number of hydrogen-bond donors (Lipinski definition) is 2. The summed E-state index contributed by atoms with van der Waals surface area (Å²) in [6.45, 7) is 2.40. The molecule has 0 saturated heterocycles. The SMILES string of the molecule is CCOc1ccc2[nH]c(C(=O)NN=Cc3ccccc3OC(=O)c3ccc(Cl)cc3Cl)c(-c3ccccc3Cl)c2c1. The summed E-state index contributed by atoms with van der Waals surface area (Å²) < 4.78 is 11.2. The molecule has 0 radical (unpaired) electrons. The summed E-state index contributed by atoms with van der Waals surface area (Å²) in [5, 5.41) is 5.96. The Morgan fingerprint density at radius 3 is 2.49 bits per heavy atom. The van der Waals surface area contributed by atoms with Crippen LogP contribution in [0.4, 0.5) is 0 Å². The number of fused-ring (bicyclic) bond motifs is 1. The largest absolute Gasteiger partial charge is 0.494 e. The van der Waals surface area contributed by atoms with Crippen molar-refractivity contribution in [3.63, 3.8) is 0 Å². The highest BCUT2D eigenvalue weighted by Gasteiger charge is 2.21. The van der Waals surface area contributed by atoms with Gasteiger partial charge in [-0.05, 0) is 61.5 Å². The number of rotatable bonds is 8. The molecule has 0 unspecified atom stereocenters. The molecule has 5 aromatic rings. The minimum atomic E-state index is -0.662. The second-order valence-electron chi connectivity index (χ2n) is 8.75. The van der Waals surface area contributed by atoms with E-state index in [-0.39, 0.29) is 22.0 Å². The van der Waals surface area contributed by atoms with Gasteiger partial charge in [0.15, 0.2) is 0 Å². The second kappa shape index (κ2) is 12.5. The zero-order chi connectivity index (χ0) is 28.9. The lowest BCUT2D eigenvalue weighted by Gasteiger charge is -2.09. The number of halogens is 3. The molecule has 1 amide bonds. The van der Waals surface area contributed by atoms with Crippen molar-refractivity contribution in [2.24, 2.45) is 5.10 Å². The Bertz CT molecular complexity index is 1800. The molecule has 10 heteroatoms. The zero-order valence-corrected chi connectivity index (χ0v) is 23.8. The highest BCUT2D eigenvalue weighted by molar-refractivity contribution is 6.36. The van der Waals surface area contributed by atoms with E-state index in [1.165, 1.54) is 18.3 Å². The van der Waals surface area contributed by atoms with Crippen LogP contribution in [0.5, 0.6) is 11.5 Å². The maximum atomic E-state index is 13.4. The van der Waals surface area contributed by atoms with Crippen LogP contribution in [0.1, 0.15) is 33.3 Å². The van der Waals surface area contributed by atoms with Crippen LogP contribution in [-0.2, 0) is 0 Å². The smallest absolute Gasteiger partial charge is 0.345 e. The van der Waals surface area contributed by atoms with Crippen LogP contribution in [0.2, 0.25) is 15.1 Å². The number of nitrogens with one attached hydrogen (secondary N) is 2. The molecule has 1 aromatic heterocycles. The fourth-order valence-corrected chi connectivity index (χ4v) is 4.96. The molecule has 5 rings (SSSR count). The first-order valence-electron chi connectivity index (χ1n) is 12.5. The average molecular weight is 607 g/mol. The lowest BCUT2D eigenvalue weighted by atomic mass is 10.0. The summed E-state index contributed by atoms with van der Waals surface area (Å²) in [7, 11) is 0. The van der Waals surface area contributed by atoms with Crippen LogP contribution in [0.15, 0.2) is 90.0 Å². The van der Waals surface area contributed by atoms with Crippen LogP contribution >= 0.6 is 34.8 Å². The van der Waals surface area contributed by atoms with Crippen molar-refractivity contribution >= 4 is 63.8 Å². The van der Waals surface area contributed by atoms with Gasteiger partial charge in [0.05, 0.1) is 23.4 Å². The third-order valence-electron chi connectivity index (χ3n) is 6.09. The summed E-state index contributed by atoms with van der Waals surface area (Å²) in [5.74, 6) is -0.256. The van der Waals surface area contributed by atoms with Crippen molar-refractivity contribution in [1.82, 2.24) is 10.4 Å². The number of esters is 1. The van der Waals surface area contributed by atoms with E-state index in [1.807, 2.05) is 43.3 Å². The summed E-state index contributed by atoms with van der Waals surface area (Å²) >= 11 is 18.6. The predicted molar refractivity (Wildman–Crippen MR) is 163 cm³/mol. The highest BCUT2D eigenvalue weighted by Crippen LogP contribution is 2.38. The number of para-hydroxylation sites is 1. The highest BCUT2D eigenvalue weighted by atomic mass is 35.5. The number of ether oxygens (including phenoxy) is 2. The molecule has 4 aromatic carbocycles. The summed E-state index contributed by atoms with van der Waals surface area (Å²) in [4.78, 5) is 29.3. The topological polar surface area (TPSA) is 92.8 Å². The quantitative estimate of drug-likeness (QED) is 0.0806. The van der Waals surface area contributed by atoms with Gasteiger partial charge in [0.25, 0.3) is 5.91 Å². The Kier molecular flexibility index (Phi) is 8.59. The van der Waals surface area contributed by atoms with E-state index in [2.05, 4.69) is 15.5 Å². The molecule has 206 valence electrons. The van der Waals surface area contributed by atoms with E-state index in [0.717, 1.165) is 10.9 Å². The molecule has 2 N–H and O–H groups in total. The molecule has 0 aliphatic carbocycles. The third-order valence-corrected chi connectivity index (χ3v) is 6.97. The number of nitrogens with zero attached hydrogens (tertiary/aromatic N) is 1.